The first-order valence-corrected chi connectivity index (χ1v) is 14.1. The molecular weight excluding hydrogens is 544 g/mol. The van der Waals surface area contributed by atoms with Crippen LogP contribution in [0.5, 0.6) is 0 Å². The van der Waals surface area contributed by atoms with E-state index in [2.05, 4.69) is 0 Å². The van der Waals surface area contributed by atoms with Crippen molar-refractivity contribution < 1.29 is 38.7 Å². The van der Waals surface area contributed by atoms with Crippen molar-refractivity contribution in [3.05, 3.63) is 21.8 Å². The molecule has 0 spiro atoms. The van der Waals surface area contributed by atoms with Gasteiger partial charge in [-0.3, -0.25) is 24.5 Å². The molecule has 230 valence electrons. The van der Waals surface area contributed by atoms with Crippen molar-refractivity contribution in [2.45, 2.75) is 104 Å². The van der Waals surface area contributed by atoms with Crippen molar-refractivity contribution in [2.24, 2.45) is 16.6 Å². The Hall–Kier alpha value is -2.53. The summed E-state index contributed by atoms with van der Waals surface area (Å²) < 4.78 is 9.53. The van der Waals surface area contributed by atoms with Gasteiger partial charge in [-0.1, -0.05) is 18.4 Å². The highest BCUT2D eigenvalue weighted by Crippen LogP contribution is 2.44. The third-order valence-electron chi connectivity index (χ3n) is 7.59. The summed E-state index contributed by atoms with van der Waals surface area (Å²) in [4.78, 5) is 52.2. The number of carboxylic acid groups (broad SMARTS) is 1. The molecule has 0 heterocycles. The van der Waals surface area contributed by atoms with E-state index in [1.54, 1.807) is 13.0 Å². The maximum Gasteiger partial charge on any atom is 0.330 e. The van der Waals surface area contributed by atoms with Gasteiger partial charge in [0, 0.05) is 29.3 Å². The highest BCUT2D eigenvalue weighted by Gasteiger charge is 2.44. The van der Waals surface area contributed by atoms with Gasteiger partial charge in [0.25, 0.3) is 0 Å². The lowest BCUT2D eigenvalue weighted by Crippen LogP contribution is -2.39. The van der Waals surface area contributed by atoms with Gasteiger partial charge in [-0.2, -0.15) is 0 Å². The van der Waals surface area contributed by atoms with Crippen LogP contribution in [0.4, 0.5) is 0 Å². The molecule has 40 heavy (non-hydrogen) atoms. The third-order valence-corrected chi connectivity index (χ3v) is 7.59. The fourth-order valence-corrected chi connectivity index (χ4v) is 4.51. The Morgan fingerprint density at radius 2 is 1.43 bits per heavy atom. The van der Waals surface area contributed by atoms with Crippen molar-refractivity contribution >= 4 is 36.1 Å². The summed E-state index contributed by atoms with van der Waals surface area (Å²) in [5.74, 6) is -0.776. The minimum atomic E-state index is -0.717. The molecule has 4 saturated carbocycles. The second kappa shape index (κ2) is 19.5. The van der Waals surface area contributed by atoms with Crippen molar-refractivity contribution in [3.63, 3.8) is 0 Å². The van der Waals surface area contributed by atoms with E-state index in [0.717, 1.165) is 70.6 Å². The molecule has 4 aliphatic rings. The normalized spacial score (nSPS) is 18.6. The highest BCUT2D eigenvalue weighted by atomic mass is 35.5. The molecule has 0 atom stereocenters. The fraction of sp³-hybridized carbons (Fsp3) is 0.786. The lowest BCUT2D eigenvalue weighted by atomic mass is 9.67. The number of ether oxygens (including phenoxy) is 2. The number of aliphatic carboxylic acids is 1. The lowest BCUT2D eigenvalue weighted by molar-refractivity contribution is -0.501. The minimum absolute atomic E-state index is 0. The molecule has 0 radical (unpaired) electrons. The molecule has 4 fully saturated rings. The second-order valence-corrected chi connectivity index (χ2v) is 10.8. The smallest absolute Gasteiger partial charge is 0.330 e. The summed E-state index contributed by atoms with van der Waals surface area (Å²) in [5.41, 5.74) is 6.25. The molecule has 3 N–H and O–H groups in total. The summed E-state index contributed by atoms with van der Waals surface area (Å²) in [5, 5.41) is 18.9. The van der Waals surface area contributed by atoms with Crippen LogP contribution in [0.2, 0.25) is 0 Å². The number of hydrogen-bond donors (Lipinski definition) is 2. The minimum Gasteiger partial charge on any atom is -0.481 e. The molecule has 0 saturated heterocycles. The van der Waals surface area contributed by atoms with Gasteiger partial charge in [0.05, 0.1) is 26.1 Å². The van der Waals surface area contributed by atoms with Gasteiger partial charge in [-0.25, -0.2) is 4.79 Å². The predicted octanol–water partition coefficient (Wildman–Crippen LogP) is 4.80. The lowest BCUT2D eigenvalue weighted by Gasteiger charge is -2.39. The van der Waals surface area contributed by atoms with E-state index in [4.69, 9.17) is 20.3 Å². The number of nitrogens with zero attached hydrogens (tertiary/aromatic N) is 1. The van der Waals surface area contributed by atoms with Crippen LogP contribution < -0.4 is 5.73 Å². The number of allylic oxidation sites excluding steroid dienone is 1. The second-order valence-electron chi connectivity index (χ2n) is 10.8. The van der Waals surface area contributed by atoms with Crippen molar-refractivity contribution in [3.8, 4) is 0 Å². The largest absolute Gasteiger partial charge is 0.481 e. The molecule has 0 bridgehead atoms. The highest BCUT2D eigenvalue weighted by molar-refractivity contribution is 5.85. The van der Waals surface area contributed by atoms with E-state index >= 15 is 0 Å². The first kappa shape index (κ1) is 37.5. The van der Waals surface area contributed by atoms with E-state index in [1.807, 2.05) is 6.92 Å². The van der Waals surface area contributed by atoms with E-state index in [-0.39, 0.29) is 54.1 Å². The van der Waals surface area contributed by atoms with Crippen LogP contribution in [0.25, 0.3) is 0 Å². The summed E-state index contributed by atoms with van der Waals surface area (Å²) in [6.07, 6.45) is 13.9. The topological polar surface area (TPSA) is 176 Å². The predicted molar refractivity (Wildman–Crippen MR) is 152 cm³/mol. The van der Waals surface area contributed by atoms with Gasteiger partial charge in [-0.05, 0) is 77.2 Å². The first-order chi connectivity index (χ1) is 18.5. The number of Topliss-reactive ketones (excluding diaryl/α,β-unsaturated/α-hetero) is 1. The van der Waals surface area contributed by atoms with Crippen LogP contribution in [-0.2, 0) is 28.7 Å². The summed E-state index contributed by atoms with van der Waals surface area (Å²) in [7, 11) is 0. The van der Waals surface area contributed by atoms with E-state index in [0.29, 0.717) is 25.5 Å². The molecular formula is C28H47ClN2O9. The molecule has 0 aromatic rings. The van der Waals surface area contributed by atoms with Crippen molar-refractivity contribution in [2.75, 3.05) is 26.3 Å². The van der Waals surface area contributed by atoms with Crippen LogP contribution in [0.15, 0.2) is 11.6 Å². The van der Waals surface area contributed by atoms with E-state index in [9.17, 15) is 29.3 Å². The summed E-state index contributed by atoms with van der Waals surface area (Å²) >= 11 is 0. The van der Waals surface area contributed by atoms with Gasteiger partial charge in [-0.15, -0.1) is 12.4 Å². The zero-order chi connectivity index (χ0) is 29.3. The number of rotatable bonds is 10. The molecule has 0 unspecified atom stereocenters. The van der Waals surface area contributed by atoms with Crippen molar-refractivity contribution in [1.29, 1.82) is 0 Å². The van der Waals surface area contributed by atoms with Gasteiger partial charge in [0.15, 0.2) is 0 Å². The molecule has 4 rings (SSSR count). The van der Waals surface area contributed by atoms with Gasteiger partial charge < -0.3 is 20.3 Å². The molecule has 0 aromatic carbocycles. The van der Waals surface area contributed by atoms with Gasteiger partial charge >= 0.3 is 17.9 Å². The van der Waals surface area contributed by atoms with Crippen LogP contribution in [0.1, 0.15) is 104 Å². The number of ketones is 1. The maximum atomic E-state index is 11.2. The van der Waals surface area contributed by atoms with Crippen molar-refractivity contribution in [1.82, 2.24) is 0 Å². The first-order valence-electron chi connectivity index (χ1n) is 14.1. The summed E-state index contributed by atoms with van der Waals surface area (Å²) in [6, 6.07) is 0. The molecule has 4 aliphatic carbocycles. The number of hydrogen-bond acceptors (Lipinski definition) is 9. The third kappa shape index (κ3) is 14.7. The fourth-order valence-electron chi connectivity index (χ4n) is 4.51. The number of carbonyl (C=O) groups is 4. The Bertz CT molecular complexity index is 850. The zero-order valence-electron chi connectivity index (χ0n) is 24.0. The Morgan fingerprint density at radius 1 is 0.925 bits per heavy atom. The van der Waals surface area contributed by atoms with Crippen LogP contribution in [0.3, 0.4) is 0 Å². The van der Waals surface area contributed by atoms with Crippen LogP contribution >= 0.6 is 12.4 Å². The SMILES string of the molecule is CCOC(=O)C=C1CCC1.CCOC(=O)CC1(C[N+](=O)[O-])CCC1.Cl.NCC1(CC(=O)O)CCC1.O=C1CCC1. The molecule has 0 amide bonds. The Labute approximate surface area is 243 Å². The van der Waals surface area contributed by atoms with Gasteiger partial charge in [0.1, 0.15) is 5.78 Å². The monoisotopic (exact) mass is 590 g/mol. The average molecular weight is 591 g/mol. The number of carboxylic acids is 1. The Kier molecular flexibility index (Phi) is 18.3. The number of nitro groups is 1. The Morgan fingerprint density at radius 3 is 1.68 bits per heavy atom. The molecule has 0 aliphatic heterocycles. The van der Waals surface area contributed by atoms with Crippen LogP contribution in [-0.4, -0.2) is 60.0 Å². The number of esters is 2. The molecule has 11 nitrogen and oxygen atoms in total. The number of carbonyl (C=O) groups excluding carboxylic acids is 3. The molecule has 12 heteroatoms. The number of nitrogens with two attached hydrogens (primary N) is 1. The van der Waals surface area contributed by atoms with E-state index < -0.39 is 11.4 Å². The van der Waals surface area contributed by atoms with Crippen LogP contribution in [0, 0.1) is 20.9 Å². The Balaban J connectivity index is 0.000000526. The molecule has 0 aromatic heterocycles. The average Bonchev–Trinajstić information content (AvgIpc) is 2.77. The zero-order valence-corrected chi connectivity index (χ0v) is 24.8. The van der Waals surface area contributed by atoms with E-state index in [1.165, 1.54) is 12.0 Å². The van der Waals surface area contributed by atoms with Gasteiger partial charge in [0.2, 0.25) is 6.54 Å². The standard InChI is InChI=1S/C9H15NO4.C8H12O2.C7H13NO2.C4H6O.ClH/c1-2-14-8(11)6-9(4-3-5-9)7-10(12)13;1-2-10-8(9)6-7-4-3-5-7;8-5-7(2-1-3-7)4-6(9)10;5-4-2-1-3-4;/h2-7H2,1H3;6H,2-5H2,1H3;1-5,8H2,(H,9,10);1-3H2;1H. The number of halogens is 1. The quantitative estimate of drug-likeness (QED) is 0.155. The summed E-state index contributed by atoms with van der Waals surface area (Å²) in [6.45, 7) is 4.79. The maximum absolute atomic E-state index is 11.2.